The monoisotopic (exact) mass is 384 g/mol. The van der Waals surface area contributed by atoms with E-state index in [1.807, 2.05) is 6.92 Å². The zero-order valence-electron chi connectivity index (χ0n) is 15.2. The predicted octanol–water partition coefficient (Wildman–Crippen LogP) is 4.77. The van der Waals surface area contributed by atoms with Crippen molar-refractivity contribution in [3.63, 3.8) is 0 Å². The summed E-state index contributed by atoms with van der Waals surface area (Å²) in [6.45, 7) is 3.82. The molecular formula is C20H21FN4OS. The van der Waals surface area contributed by atoms with Gasteiger partial charge in [-0.05, 0) is 44.0 Å². The molecule has 1 aliphatic heterocycles. The van der Waals surface area contributed by atoms with Crippen molar-refractivity contribution in [2.45, 2.75) is 32.6 Å². The van der Waals surface area contributed by atoms with E-state index in [1.54, 1.807) is 18.5 Å². The first-order chi connectivity index (χ1) is 13.1. The molecule has 0 atom stereocenters. The Labute approximate surface area is 161 Å². The van der Waals surface area contributed by atoms with Gasteiger partial charge in [0.2, 0.25) is 0 Å². The fourth-order valence-corrected chi connectivity index (χ4v) is 4.53. The van der Waals surface area contributed by atoms with E-state index < -0.39 is 0 Å². The molecule has 1 saturated heterocycles. The molecule has 140 valence electrons. The summed E-state index contributed by atoms with van der Waals surface area (Å²) in [6, 6.07) is 5.78. The number of halogens is 1. The smallest absolute Gasteiger partial charge is 0.257 e. The van der Waals surface area contributed by atoms with Crippen LogP contribution in [0.25, 0.3) is 10.2 Å². The summed E-state index contributed by atoms with van der Waals surface area (Å²) in [5.74, 6) is 0.300. The SMILES string of the molecule is Cc1sc2ncnc(N3CCCCCC3)c2c1C(=O)Nc1ccc(F)cc1. The van der Waals surface area contributed by atoms with Gasteiger partial charge in [0, 0.05) is 23.7 Å². The van der Waals surface area contributed by atoms with E-state index in [9.17, 15) is 9.18 Å². The molecule has 27 heavy (non-hydrogen) atoms. The Kier molecular flexibility index (Phi) is 5.03. The van der Waals surface area contributed by atoms with Crippen LogP contribution in [0.5, 0.6) is 0 Å². The van der Waals surface area contributed by atoms with Gasteiger partial charge in [-0.2, -0.15) is 0 Å². The minimum absolute atomic E-state index is 0.212. The van der Waals surface area contributed by atoms with Crippen molar-refractivity contribution in [2.24, 2.45) is 0 Å². The largest absolute Gasteiger partial charge is 0.356 e. The highest BCUT2D eigenvalue weighted by atomic mass is 32.1. The van der Waals surface area contributed by atoms with Gasteiger partial charge in [-0.25, -0.2) is 14.4 Å². The van der Waals surface area contributed by atoms with Gasteiger partial charge in [0.25, 0.3) is 5.91 Å². The van der Waals surface area contributed by atoms with Gasteiger partial charge >= 0.3 is 0 Å². The van der Waals surface area contributed by atoms with Crippen LogP contribution >= 0.6 is 11.3 Å². The van der Waals surface area contributed by atoms with E-state index in [4.69, 9.17) is 0 Å². The van der Waals surface area contributed by atoms with Gasteiger partial charge in [0.05, 0.1) is 10.9 Å². The lowest BCUT2D eigenvalue weighted by Crippen LogP contribution is -2.25. The number of amides is 1. The van der Waals surface area contributed by atoms with Gasteiger partial charge in [-0.1, -0.05) is 12.8 Å². The maximum atomic E-state index is 13.1. The molecule has 1 N–H and O–H groups in total. The maximum absolute atomic E-state index is 13.1. The number of fused-ring (bicyclic) bond motifs is 1. The summed E-state index contributed by atoms with van der Waals surface area (Å²) in [6.07, 6.45) is 6.30. The number of benzene rings is 1. The van der Waals surface area contributed by atoms with Crippen molar-refractivity contribution < 1.29 is 9.18 Å². The number of carbonyl (C=O) groups is 1. The molecule has 0 spiro atoms. The summed E-state index contributed by atoms with van der Waals surface area (Å²) < 4.78 is 13.1. The number of anilines is 2. The lowest BCUT2D eigenvalue weighted by Gasteiger charge is -2.22. The topological polar surface area (TPSA) is 58.1 Å². The number of hydrogen-bond acceptors (Lipinski definition) is 5. The molecule has 0 unspecified atom stereocenters. The third-order valence-electron chi connectivity index (χ3n) is 4.88. The number of aromatic nitrogens is 2. The summed E-state index contributed by atoms with van der Waals surface area (Å²) in [5.41, 5.74) is 1.17. The van der Waals surface area contributed by atoms with E-state index in [0.29, 0.717) is 11.3 Å². The van der Waals surface area contributed by atoms with E-state index in [1.165, 1.54) is 36.3 Å². The highest BCUT2D eigenvalue weighted by Gasteiger charge is 2.24. The fourth-order valence-electron chi connectivity index (χ4n) is 3.55. The first-order valence-electron chi connectivity index (χ1n) is 9.19. The van der Waals surface area contributed by atoms with Crippen LogP contribution in [-0.4, -0.2) is 29.0 Å². The number of hydrogen-bond donors (Lipinski definition) is 1. The van der Waals surface area contributed by atoms with Gasteiger partial charge in [0.1, 0.15) is 22.8 Å². The molecule has 2 aromatic heterocycles. The number of rotatable bonds is 3. The molecule has 3 aromatic rings. The van der Waals surface area contributed by atoms with Crippen LogP contribution in [0.3, 0.4) is 0 Å². The highest BCUT2D eigenvalue weighted by Crippen LogP contribution is 2.36. The number of carbonyl (C=O) groups excluding carboxylic acids is 1. The van der Waals surface area contributed by atoms with Crippen LogP contribution in [0.2, 0.25) is 0 Å². The standard InChI is InChI=1S/C20H21FN4OS/c1-13-16(19(26)24-15-8-6-14(21)7-9-15)17-18(22-12-23-20(17)27-13)25-10-4-2-3-5-11-25/h6-9,12H,2-5,10-11H2,1H3,(H,24,26). The minimum Gasteiger partial charge on any atom is -0.356 e. The number of thiophene rings is 1. The molecule has 0 radical (unpaired) electrons. The molecule has 0 bridgehead atoms. The zero-order valence-corrected chi connectivity index (χ0v) is 16.0. The Morgan fingerprint density at radius 3 is 2.52 bits per heavy atom. The van der Waals surface area contributed by atoms with Gasteiger partial charge in [-0.15, -0.1) is 11.3 Å². The van der Waals surface area contributed by atoms with Gasteiger partial charge < -0.3 is 10.2 Å². The van der Waals surface area contributed by atoms with Crippen molar-refractivity contribution >= 4 is 39.0 Å². The first kappa shape index (κ1) is 17.9. The molecule has 1 aromatic carbocycles. The lowest BCUT2D eigenvalue weighted by atomic mass is 10.1. The first-order valence-corrected chi connectivity index (χ1v) is 10.0. The molecule has 1 amide bonds. The average Bonchev–Trinajstić information content (AvgIpc) is 2.83. The second-order valence-corrected chi connectivity index (χ2v) is 7.98. The van der Waals surface area contributed by atoms with Crippen LogP contribution in [0.4, 0.5) is 15.9 Å². The van der Waals surface area contributed by atoms with Crippen molar-refractivity contribution in [1.82, 2.24) is 9.97 Å². The van der Waals surface area contributed by atoms with Crippen molar-refractivity contribution in [1.29, 1.82) is 0 Å². The van der Waals surface area contributed by atoms with Crippen molar-refractivity contribution in [3.8, 4) is 0 Å². The van der Waals surface area contributed by atoms with Crippen LogP contribution in [-0.2, 0) is 0 Å². The molecule has 7 heteroatoms. The average molecular weight is 384 g/mol. The van der Waals surface area contributed by atoms with Gasteiger partial charge in [0.15, 0.2) is 0 Å². The van der Waals surface area contributed by atoms with Crippen LogP contribution < -0.4 is 10.2 Å². The maximum Gasteiger partial charge on any atom is 0.257 e. The van der Waals surface area contributed by atoms with E-state index in [0.717, 1.165) is 46.8 Å². The van der Waals surface area contributed by atoms with Crippen LogP contribution in [0.15, 0.2) is 30.6 Å². The van der Waals surface area contributed by atoms with Crippen molar-refractivity contribution in [3.05, 3.63) is 46.9 Å². The summed E-state index contributed by atoms with van der Waals surface area (Å²) >= 11 is 1.50. The molecule has 1 aliphatic rings. The number of nitrogens with one attached hydrogen (secondary N) is 1. The zero-order chi connectivity index (χ0) is 18.8. The Hall–Kier alpha value is -2.54. The third-order valence-corrected chi connectivity index (χ3v) is 5.89. The number of nitrogens with zero attached hydrogens (tertiary/aromatic N) is 3. The molecule has 3 heterocycles. The molecule has 0 aliphatic carbocycles. The molecular weight excluding hydrogens is 363 g/mol. The molecule has 4 rings (SSSR count). The predicted molar refractivity (Wildman–Crippen MR) is 107 cm³/mol. The third kappa shape index (κ3) is 3.64. The Morgan fingerprint density at radius 2 is 1.81 bits per heavy atom. The van der Waals surface area contributed by atoms with Crippen LogP contribution in [0, 0.1) is 12.7 Å². The second-order valence-electron chi connectivity index (χ2n) is 6.77. The van der Waals surface area contributed by atoms with Crippen molar-refractivity contribution in [2.75, 3.05) is 23.3 Å². The normalized spacial score (nSPS) is 15.0. The van der Waals surface area contributed by atoms with E-state index >= 15 is 0 Å². The quantitative estimate of drug-likeness (QED) is 0.707. The summed E-state index contributed by atoms with van der Waals surface area (Å²) in [4.78, 5) is 26.0. The second kappa shape index (κ2) is 7.60. The molecule has 1 fully saturated rings. The minimum atomic E-state index is -0.331. The highest BCUT2D eigenvalue weighted by molar-refractivity contribution is 7.19. The fraction of sp³-hybridized carbons (Fsp3) is 0.350. The lowest BCUT2D eigenvalue weighted by molar-refractivity contribution is 0.102. The Balaban J connectivity index is 1.74. The summed E-state index contributed by atoms with van der Waals surface area (Å²) in [7, 11) is 0. The van der Waals surface area contributed by atoms with Gasteiger partial charge in [-0.3, -0.25) is 4.79 Å². The molecule has 5 nitrogen and oxygen atoms in total. The van der Waals surface area contributed by atoms with E-state index in [2.05, 4.69) is 20.2 Å². The Morgan fingerprint density at radius 1 is 1.11 bits per heavy atom. The summed E-state index contributed by atoms with van der Waals surface area (Å²) in [5, 5.41) is 3.69. The molecule has 0 saturated carbocycles. The van der Waals surface area contributed by atoms with E-state index in [-0.39, 0.29) is 11.7 Å². The Bertz CT molecular complexity index is 962. The van der Waals surface area contributed by atoms with Crippen LogP contribution in [0.1, 0.15) is 40.9 Å². The number of aryl methyl sites for hydroxylation is 1.